The maximum Gasteiger partial charge on any atom is 0.321 e. The molecule has 2 heterocycles. The molecule has 22 heavy (non-hydrogen) atoms. The zero-order chi connectivity index (χ0) is 15.4. The van der Waals surface area contributed by atoms with Gasteiger partial charge in [0.2, 0.25) is 0 Å². The molecule has 3 aromatic rings. The first-order valence-corrected chi connectivity index (χ1v) is 6.63. The van der Waals surface area contributed by atoms with Crippen LogP contribution in [-0.2, 0) is 0 Å². The molecule has 110 valence electrons. The Morgan fingerprint density at radius 1 is 1.18 bits per heavy atom. The second-order valence-electron chi connectivity index (χ2n) is 4.55. The molecular weight excluding hydrogens is 282 g/mol. The molecule has 1 N–H and O–H groups in total. The van der Waals surface area contributed by atoms with Crippen molar-refractivity contribution in [2.45, 2.75) is 6.92 Å². The Balaban J connectivity index is 1.74. The fourth-order valence-electron chi connectivity index (χ4n) is 1.87. The third kappa shape index (κ3) is 3.12. The molecular formula is C16H13N3O3. The highest BCUT2D eigenvalue weighted by atomic mass is 16.5. The largest absolute Gasteiger partial charge is 0.459 e. The molecule has 3 rings (SSSR count). The number of anilines is 1. The molecule has 0 aliphatic carbocycles. The van der Waals surface area contributed by atoms with E-state index < -0.39 is 0 Å². The lowest BCUT2D eigenvalue weighted by molar-refractivity contribution is 0.0996. The highest BCUT2D eigenvalue weighted by molar-refractivity contribution is 6.03. The van der Waals surface area contributed by atoms with Gasteiger partial charge in [-0.1, -0.05) is 6.07 Å². The maximum absolute atomic E-state index is 12.1. The second-order valence-corrected chi connectivity index (χ2v) is 4.55. The Kier molecular flexibility index (Phi) is 3.82. The van der Waals surface area contributed by atoms with Crippen LogP contribution in [0.25, 0.3) is 0 Å². The number of rotatable bonds is 4. The predicted molar refractivity (Wildman–Crippen MR) is 79.9 cm³/mol. The Labute approximate surface area is 126 Å². The van der Waals surface area contributed by atoms with E-state index >= 15 is 0 Å². The number of nitrogens with one attached hydrogen (secondary N) is 1. The van der Waals surface area contributed by atoms with Crippen LogP contribution in [0.15, 0.2) is 59.5 Å². The highest BCUT2D eigenvalue weighted by Crippen LogP contribution is 2.22. The van der Waals surface area contributed by atoms with Crippen LogP contribution >= 0.6 is 0 Å². The number of ether oxygens (including phenoxy) is 1. The number of carbonyl (C=O) groups excluding carboxylic acids is 1. The van der Waals surface area contributed by atoms with Crippen LogP contribution in [-0.4, -0.2) is 15.9 Å². The zero-order valence-corrected chi connectivity index (χ0v) is 11.8. The number of hydrogen-bond donors (Lipinski definition) is 1. The molecule has 0 saturated heterocycles. The quantitative estimate of drug-likeness (QED) is 0.798. The van der Waals surface area contributed by atoms with Gasteiger partial charge >= 0.3 is 6.01 Å². The van der Waals surface area contributed by atoms with E-state index in [0.29, 0.717) is 11.4 Å². The summed E-state index contributed by atoms with van der Waals surface area (Å²) in [4.78, 5) is 20.1. The standard InChI is InChI=1S/C16H13N3O3/c1-11-6-9-21-14(11)15(20)19-12-4-2-5-13(10-12)22-16-17-7-3-8-18-16/h2-10H,1H3,(H,19,20). The van der Waals surface area contributed by atoms with Crippen molar-refractivity contribution in [3.63, 3.8) is 0 Å². The lowest BCUT2D eigenvalue weighted by Gasteiger charge is -2.07. The van der Waals surface area contributed by atoms with E-state index in [1.54, 1.807) is 48.8 Å². The fourth-order valence-corrected chi connectivity index (χ4v) is 1.87. The molecule has 2 aromatic heterocycles. The molecule has 0 radical (unpaired) electrons. The molecule has 6 heteroatoms. The third-order valence-electron chi connectivity index (χ3n) is 2.91. The first kappa shape index (κ1) is 13.8. The van der Waals surface area contributed by atoms with Crippen molar-refractivity contribution >= 4 is 11.6 Å². The Bertz CT molecular complexity index is 784. The topological polar surface area (TPSA) is 77.2 Å². The van der Waals surface area contributed by atoms with E-state index in [2.05, 4.69) is 15.3 Å². The molecule has 0 fully saturated rings. The Morgan fingerprint density at radius 2 is 2.00 bits per heavy atom. The third-order valence-corrected chi connectivity index (χ3v) is 2.91. The Hall–Kier alpha value is -3.15. The molecule has 0 aliphatic heterocycles. The van der Waals surface area contributed by atoms with Crippen molar-refractivity contribution in [1.29, 1.82) is 0 Å². The first-order chi connectivity index (χ1) is 10.7. The number of aryl methyl sites for hydroxylation is 1. The van der Waals surface area contributed by atoms with E-state index in [4.69, 9.17) is 9.15 Å². The van der Waals surface area contributed by atoms with Gasteiger partial charge in [-0.2, -0.15) is 0 Å². The van der Waals surface area contributed by atoms with Crippen LogP contribution in [0.3, 0.4) is 0 Å². The highest BCUT2D eigenvalue weighted by Gasteiger charge is 2.13. The normalized spacial score (nSPS) is 10.2. The van der Waals surface area contributed by atoms with Crippen molar-refractivity contribution in [3.8, 4) is 11.8 Å². The number of nitrogens with zero attached hydrogens (tertiary/aromatic N) is 2. The molecule has 0 bridgehead atoms. The van der Waals surface area contributed by atoms with Gasteiger partial charge in [-0.25, -0.2) is 9.97 Å². The van der Waals surface area contributed by atoms with Crippen LogP contribution < -0.4 is 10.1 Å². The minimum Gasteiger partial charge on any atom is -0.459 e. The van der Waals surface area contributed by atoms with Crippen LogP contribution in [0, 0.1) is 6.92 Å². The maximum atomic E-state index is 12.1. The smallest absolute Gasteiger partial charge is 0.321 e. The lowest BCUT2D eigenvalue weighted by atomic mass is 10.2. The average molecular weight is 295 g/mol. The lowest BCUT2D eigenvalue weighted by Crippen LogP contribution is -2.12. The predicted octanol–water partition coefficient (Wildman–Crippen LogP) is 3.42. The SMILES string of the molecule is Cc1ccoc1C(=O)Nc1cccc(Oc2ncccn2)c1. The van der Waals surface area contributed by atoms with Crippen molar-refractivity contribution in [2.75, 3.05) is 5.32 Å². The first-order valence-electron chi connectivity index (χ1n) is 6.63. The van der Waals surface area contributed by atoms with Gasteiger partial charge in [0.25, 0.3) is 5.91 Å². The van der Waals surface area contributed by atoms with Gasteiger partial charge in [-0.3, -0.25) is 4.79 Å². The number of benzene rings is 1. The van der Waals surface area contributed by atoms with Gasteiger partial charge in [0.05, 0.1) is 6.26 Å². The minimum absolute atomic E-state index is 0.243. The van der Waals surface area contributed by atoms with Crippen molar-refractivity contribution < 1.29 is 13.9 Å². The molecule has 0 spiro atoms. The van der Waals surface area contributed by atoms with E-state index in [9.17, 15) is 4.79 Å². The summed E-state index contributed by atoms with van der Waals surface area (Å²) < 4.78 is 10.7. The summed E-state index contributed by atoms with van der Waals surface area (Å²) in [6.45, 7) is 1.81. The van der Waals surface area contributed by atoms with E-state index in [1.165, 1.54) is 6.26 Å². The number of amides is 1. The molecule has 0 unspecified atom stereocenters. The monoisotopic (exact) mass is 295 g/mol. The summed E-state index contributed by atoms with van der Waals surface area (Å²) in [5.74, 6) is 0.508. The van der Waals surface area contributed by atoms with Gasteiger partial charge in [-0.15, -0.1) is 0 Å². The number of carbonyl (C=O) groups is 1. The van der Waals surface area contributed by atoms with Crippen molar-refractivity contribution in [1.82, 2.24) is 9.97 Å². The molecule has 1 amide bonds. The van der Waals surface area contributed by atoms with Gasteiger partial charge < -0.3 is 14.5 Å². The molecule has 0 aliphatic rings. The summed E-state index contributed by atoms with van der Waals surface area (Å²) in [6, 6.07) is 10.7. The van der Waals surface area contributed by atoms with E-state index in [1.807, 2.05) is 6.92 Å². The molecule has 6 nitrogen and oxygen atoms in total. The number of furan rings is 1. The average Bonchev–Trinajstić information content (AvgIpc) is 2.95. The van der Waals surface area contributed by atoms with Gasteiger partial charge in [-0.05, 0) is 31.2 Å². The second kappa shape index (κ2) is 6.09. The number of aromatic nitrogens is 2. The van der Waals surface area contributed by atoms with Crippen molar-refractivity contribution in [3.05, 3.63) is 66.4 Å². The van der Waals surface area contributed by atoms with Gasteiger partial charge in [0.15, 0.2) is 5.76 Å². The van der Waals surface area contributed by atoms with Crippen LogP contribution in [0.2, 0.25) is 0 Å². The van der Waals surface area contributed by atoms with Crippen LogP contribution in [0.4, 0.5) is 5.69 Å². The van der Waals surface area contributed by atoms with Gasteiger partial charge in [0, 0.05) is 29.7 Å². The van der Waals surface area contributed by atoms with Crippen molar-refractivity contribution in [2.24, 2.45) is 0 Å². The van der Waals surface area contributed by atoms with Crippen LogP contribution in [0.1, 0.15) is 16.1 Å². The van der Waals surface area contributed by atoms with Gasteiger partial charge in [0.1, 0.15) is 5.75 Å². The number of hydrogen-bond acceptors (Lipinski definition) is 5. The summed E-state index contributed by atoms with van der Waals surface area (Å²) in [5.41, 5.74) is 1.37. The molecule has 1 aromatic carbocycles. The van der Waals surface area contributed by atoms with E-state index in [-0.39, 0.29) is 17.7 Å². The fraction of sp³-hybridized carbons (Fsp3) is 0.0625. The van der Waals surface area contributed by atoms with Crippen LogP contribution in [0.5, 0.6) is 11.8 Å². The Morgan fingerprint density at radius 3 is 2.73 bits per heavy atom. The van der Waals surface area contributed by atoms with E-state index in [0.717, 1.165) is 5.56 Å². The minimum atomic E-state index is -0.310. The summed E-state index contributed by atoms with van der Waals surface area (Å²) in [5, 5.41) is 2.76. The molecule has 0 atom stereocenters. The summed E-state index contributed by atoms with van der Waals surface area (Å²) in [6.07, 6.45) is 4.66. The zero-order valence-electron chi connectivity index (χ0n) is 11.8. The summed E-state index contributed by atoms with van der Waals surface area (Å²) in [7, 11) is 0. The molecule has 0 saturated carbocycles. The summed E-state index contributed by atoms with van der Waals surface area (Å²) >= 11 is 0.